The van der Waals surface area contributed by atoms with Crippen LogP contribution in [-0.2, 0) is 13.6 Å². The molecular weight excluding hydrogens is 240 g/mol. The largest absolute Gasteiger partial charge is 0.481 e. The minimum Gasteiger partial charge on any atom is -0.481 e. The number of halogens is 2. The molecule has 0 spiro atoms. The summed E-state index contributed by atoms with van der Waals surface area (Å²) >= 11 is 0. The van der Waals surface area contributed by atoms with E-state index in [1.54, 1.807) is 17.8 Å². The zero-order valence-corrected chi connectivity index (χ0v) is 10.1. The molecule has 1 aromatic heterocycles. The Morgan fingerprint density at radius 2 is 2.11 bits per heavy atom. The number of nitrogens with one attached hydrogen (secondary N) is 1. The van der Waals surface area contributed by atoms with Crippen LogP contribution in [-0.4, -0.2) is 16.9 Å². The van der Waals surface area contributed by atoms with Crippen molar-refractivity contribution < 1.29 is 13.5 Å². The monoisotopic (exact) mass is 253 g/mol. The van der Waals surface area contributed by atoms with Crippen molar-refractivity contribution in [2.24, 2.45) is 7.05 Å². The normalized spacial score (nSPS) is 10.4. The van der Waals surface area contributed by atoms with Gasteiger partial charge < -0.3 is 10.1 Å². The van der Waals surface area contributed by atoms with Crippen LogP contribution in [0, 0.1) is 11.6 Å². The van der Waals surface area contributed by atoms with E-state index in [1.165, 1.54) is 7.11 Å². The van der Waals surface area contributed by atoms with Crippen LogP contribution < -0.4 is 10.1 Å². The Morgan fingerprint density at radius 3 is 2.78 bits per heavy atom. The minimum absolute atomic E-state index is 0.157. The van der Waals surface area contributed by atoms with Crippen molar-refractivity contribution in [3.63, 3.8) is 0 Å². The third-order valence-electron chi connectivity index (χ3n) is 2.51. The number of nitrogens with zero attached hydrogens (tertiary/aromatic N) is 2. The second-order valence-corrected chi connectivity index (χ2v) is 3.78. The lowest BCUT2D eigenvalue weighted by Gasteiger charge is -2.04. The number of rotatable bonds is 4. The lowest BCUT2D eigenvalue weighted by molar-refractivity contribution is 0.373. The number of hydrogen-bond acceptors (Lipinski definition) is 3. The van der Waals surface area contributed by atoms with E-state index in [0.717, 1.165) is 18.2 Å². The van der Waals surface area contributed by atoms with Gasteiger partial charge in [0.2, 0.25) is 5.88 Å². The van der Waals surface area contributed by atoms with Gasteiger partial charge in [-0.25, -0.2) is 13.5 Å². The lowest BCUT2D eigenvalue weighted by Crippen LogP contribution is -2.03. The molecule has 18 heavy (non-hydrogen) atoms. The van der Waals surface area contributed by atoms with E-state index in [4.69, 9.17) is 4.74 Å². The Hall–Kier alpha value is -2.11. The second-order valence-electron chi connectivity index (χ2n) is 3.78. The van der Waals surface area contributed by atoms with Gasteiger partial charge in [0.05, 0.1) is 7.11 Å². The molecule has 0 aliphatic carbocycles. The van der Waals surface area contributed by atoms with Gasteiger partial charge in [-0.15, -0.1) is 0 Å². The van der Waals surface area contributed by atoms with Gasteiger partial charge in [0.15, 0.2) is 5.82 Å². The molecule has 2 rings (SSSR count). The summed E-state index contributed by atoms with van der Waals surface area (Å²) in [6.45, 7) is 0.157. The summed E-state index contributed by atoms with van der Waals surface area (Å²) in [6, 6.07) is 5.02. The fraction of sp³-hybridized carbons (Fsp3) is 0.250. The van der Waals surface area contributed by atoms with E-state index >= 15 is 0 Å². The van der Waals surface area contributed by atoms with Crippen molar-refractivity contribution in [3.05, 3.63) is 41.5 Å². The number of methoxy groups -OCH3 is 1. The molecule has 0 saturated heterocycles. The maximum atomic E-state index is 13.4. The summed E-state index contributed by atoms with van der Waals surface area (Å²) in [5.41, 5.74) is 0.250. The summed E-state index contributed by atoms with van der Waals surface area (Å²) in [4.78, 5) is 0. The molecule has 1 N–H and O–H groups in total. The van der Waals surface area contributed by atoms with Gasteiger partial charge in [-0.05, 0) is 18.2 Å². The Labute approximate surface area is 103 Å². The zero-order chi connectivity index (χ0) is 13.1. The molecule has 2 aromatic rings. The van der Waals surface area contributed by atoms with Crippen molar-refractivity contribution in [1.29, 1.82) is 0 Å². The third kappa shape index (κ3) is 2.58. The Bertz CT molecular complexity index is 554. The van der Waals surface area contributed by atoms with Crippen LogP contribution in [0.1, 0.15) is 5.56 Å². The third-order valence-corrected chi connectivity index (χ3v) is 2.51. The minimum atomic E-state index is -0.466. The standard InChI is InChI=1S/C12H13F2N3O/c1-17-12(18-2)6-11(16-17)15-7-8-5-9(13)3-4-10(8)14/h3-6H,7H2,1-2H3,(H,15,16). The number of hydrogen-bond donors (Lipinski definition) is 1. The summed E-state index contributed by atoms with van der Waals surface area (Å²) in [7, 11) is 3.26. The predicted octanol–water partition coefficient (Wildman–Crippen LogP) is 2.32. The average Bonchev–Trinajstić information content (AvgIpc) is 2.71. The summed E-state index contributed by atoms with van der Waals surface area (Å²) in [6.07, 6.45) is 0. The van der Waals surface area contributed by atoms with Crippen molar-refractivity contribution in [2.45, 2.75) is 6.54 Å². The smallest absolute Gasteiger partial charge is 0.213 e. The van der Waals surface area contributed by atoms with Crippen molar-refractivity contribution in [2.75, 3.05) is 12.4 Å². The van der Waals surface area contributed by atoms with E-state index < -0.39 is 11.6 Å². The van der Waals surface area contributed by atoms with Crippen molar-refractivity contribution in [1.82, 2.24) is 9.78 Å². The quantitative estimate of drug-likeness (QED) is 0.908. The molecule has 0 saturated carbocycles. The van der Waals surface area contributed by atoms with Crippen LogP contribution in [0.4, 0.5) is 14.6 Å². The maximum Gasteiger partial charge on any atom is 0.213 e. The van der Waals surface area contributed by atoms with Gasteiger partial charge in [-0.1, -0.05) is 0 Å². The van der Waals surface area contributed by atoms with E-state index in [9.17, 15) is 8.78 Å². The Morgan fingerprint density at radius 1 is 1.33 bits per heavy atom. The molecule has 0 radical (unpaired) electrons. The average molecular weight is 253 g/mol. The number of ether oxygens (including phenoxy) is 1. The highest BCUT2D eigenvalue weighted by atomic mass is 19.1. The fourth-order valence-electron chi connectivity index (χ4n) is 1.59. The van der Waals surface area contributed by atoms with Gasteiger partial charge in [0.1, 0.15) is 11.6 Å². The Balaban J connectivity index is 2.08. The first-order valence-corrected chi connectivity index (χ1v) is 5.36. The highest BCUT2D eigenvalue weighted by molar-refractivity contribution is 5.39. The van der Waals surface area contributed by atoms with Crippen LogP contribution in [0.5, 0.6) is 5.88 Å². The molecule has 0 bridgehead atoms. The van der Waals surface area contributed by atoms with E-state index in [-0.39, 0.29) is 12.1 Å². The first kappa shape index (κ1) is 12.3. The zero-order valence-electron chi connectivity index (χ0n) is 10.1. The fourth-order valence-corrected chi connectivity index (χ4v) is 1.59. The van der Waals surface area contributed by atoms with Gasteiger partial charge in [0.25, 0.3) is 0 Å². The van der Waals surface area contributed by atoms with Crippen LogP contribution in [0.2, 0.25) is 0 Å². The number of aryl methyl sites for hydroxylation is 1. The number of benzene rings is 1. The SMILES string of the molecule is COc1cc(NCc2cc(F)ccc2F)nn1C. The highest BCUT2D eigenvalue weighted by Crippen LogP contribution is 2.17. The molecule has 4 nitrogen and oxygen atoms in total. The van der Waals surface area contributed by atoms with Crippen LogP contribution in [0.3, 0.4) is 0 Å². The van der Waals surface area contributed by atoms with Crippen molar-refractivity contribution in [3.8, 4) is 5.88 Å². The van der Waals surface area contributed by atoms with Crippen LogP contribution in [0.25, 0.3) is 0 Å². The van der Waals surface area contributed by atoms with E-state index in [1.807, 2.05) is 0 Å². The molecule has 0 fully saturated rings. The lowest BCUT2D eigenvalue weighted by atomic mass is 10.2. The molecule has 0 amide bonds. The van der Waals surface area contributed by atoms with Gasteiger partial charge in [-0.2, -0.15) is 5.10 Å². The molecule has 1 aromatic carbocycles. The van der Waals surface area contributed by atoms with Crippen molar-refractivity contribution >= 4 is 5.82 Å². The van der Waals surface area contributed by atoms with E-state index in [0.29, 0.717) is 11.7 Å². The van der Waals surface area contributed by atoms with Gasteiger partial charge in [-0.3, -0.25) is 0 Å². The summed E-state index contributed by atoms with van der Waals surface area (Å²) in [5, 5.41) is 7.02. The van der Waals surface area contributed by atoms with Crippen LogP contribution in [0.15, 0.2) is 24.3 Å². The Kier molecular flexibility index (Phi) is 3.45. The molecule has 0 unspecified atom stereocenters. The van der Waals surface area contributed by atoms with Gasteiger partial charge >= 0.3 is 0 Å². The molecular formula is C12H13F2N3O. The number of anilines is 1. The first-order chi connectivity index (χ1) is 8.60. The molecule has 0 aliphatic rings. The summed E-state index contributed by atoms with van der Waals surface area (Å²) in [5.74, 6) is 0.203. The molecule has 6 heteroatoms. The predicted molar refractivity (Wildman–Crippen MR) is 63.4 cm³/mol. The number of aromatic nitrogens is 2. The highest BCUT2D eigenvalue weighted by Gasteiger charge is 2.07. The first-order valence-electron chi connectivity index (χ1n) is 5.36. The van der Waals surface area contributed by atoms with Gasteiger partial charge in [0, 0.05) is 25.2 Å². The van der Waals surface area contributed by atoms with Crippen LogP contribution >= 0.6 is 0 Å². The van der Waals surface area contributed by atoms with E-state index in [2.05, 4.69) is 10.4 Å². The molecule has 96 valence electrons. The summed E-state index contributed by atoms with van der Waals surface area (Å²) < 4.78 is 32.9. The molecule has 0 aliphatic heterocycles. The molecule has 1 heterocycles. The maximum absolute atomic E-state index is 13.4. The topological polar surface area (TPSA) is 39.1 Å². The second kappa shape index (κ2) is 5.03. The molecule has 0 atom stereocenters.